The number of hydrogen-bond acceptors (Lipinski definition) is 3. The van der Waals surface area contributed by atoms with Crippen LogP contribution in [-0.2, 0) is 4.74 Å². The zero-order valence-electron chi connectivity index (χ0n) is 11.0. The zero-order chi connectivity index (χ0) is 12.4. The van der Waals surface area contributed by atoms with Gasteiger partial charge < -0.3 is 14.9 Å². The Balaban J connectivity index is 3.53. The highest BCUT2D eigenvalue weighted by atomic mass is 16.5. The quantitative estimate of drug-likeness (QED) is 0.569. The molecule has 0 rings (SSSR count). The fraction of sp³-hybridized carbons (Fsp3) is 1.00. The van der Waals surface area contributed by atoms with Crippen molar-refractivity contribution in [2.45, 2.75) is 71.0 Å². The van der Waals surface area contributed by atoms with Gasteiger partial charge in [-0.3, -0.25) is 0 Å². The van der Waals surface area contributed by atoms with Crippen LogP contribution in [0, 0.1) is 0 Å². The molecule has 0 saturated heterocycles. The van der Waals surface area contributed by atoms with E-state index in [4.69, 9.17) is 9.84 Å². The van der Waals surface area contributed by atoms with Crippen molar-refractivity contribution in [1.29, 1.82) is 0 Å². The van der Waals surface area contributed by atoms with Gasteiger partial charge in [-0.2, -0.15) is 0 Å². The average Bonchev–Trinajstić information content (AvgIpc) is 2.25. The minimum Gasteiger partial charge on any atom is -0.394 e. The van der Waals surface area contributed by atoms with Gasteiger partial charge in [-0.1, -0.05) is 39.0 Å². The van der Waals surface area contributed by atoms with Crippen molar-refractivity contribution in [3.05, 3.63) is 0 Å². The molecule has 0 radical (unpaired) electrons. The molecule has 0 aromatic rings. The van der Waals surface area contributed by atoms with E-state index < -0.39 is 6.10 Å². The van der Waals surface area contributed by atoms with Crippen molar-refractivity contribution in [2.75, 3.05) is 13.2 Å². The van der Waals surface area contributed by atoms with Gasteiger partial charge in [-0.15, -0.1) is 0 Å². The fourth-order valence-corrected chi connectivity index (χ4v) is 1.60. The second-order valence-electron chi connectivity index (χ2n) is 5.07. The van der Waals surface area contributed by atoms with Crippen LogP contribution in [0.15, 0.2) is 0 Å². The number of unbranched alkanes of at least 4 members (excludes halogenated alkanes) is 4. The molecule has 3 heteroatoms. The first-order chi connectivity index (χ1) is 7.52. The lowest BCUT2D eigenvalue weighted by Gasteiger charge is -2.26. The van der Waals surface area contributed by atoms with E-state index in [2.05, 4.69) is 6.92 Å². The summed E-state index contributed by atoms with van der Waals surface area (Å²) < 4.78 is 5.58. The zero-order valence-corrected chi connectivity index (χ0v) is 11.0. The summed E-state index contributed by atoms with van der Waals surface area (Å²) in [6.45, 7) is 6.28. The van der Waals surface area contributed by atoms with Crippen molar-refractivity contribution in [3.8, 4) is 0 Å². The van der Waals surface area contributed by atoms with Crippen LogP contribution in [0.3, 0.4) is 0 Å². The predicted molar refractivity (Wildman–Crippen MR) is 66.5 cm³/mol. The number of ether oxygens (including phenoxy) is 1. The highest BCUT2D eigenvalue weighted by Gasteiger charge is 2.19. The Kier molecular flexibility index (Phi) is 8.90. The molecule has 16 heavy (non-hydrogen) atoms. The van der Waals surface area contributed by atoms with Gasteiger partial charge in [0.2, 0.25) is 0 Å². The normalized spacial score (nSPS) is 14.1. The van der Waals surface area contributed by atoms with Crippen molar-refractivity contribution in [1.82, 2.24) is 0 Å². The Labute approximate surface area is 99.8 Å². The average molecular weight is 232 g/mol. The summed E-state index contributed by atoms with van der Waals surface area (Å²) in [6, 6.07) is 0. The van der Waals surface area contributed by atoms with E-state index >= 15 is 0 Å². The molecule has 0 aliphatic heterocycles. The van der Waals surface area contributed by atoms with E-state index in [0.717, 1.165) is 6.42 Å². The number of rotatable bonds is 10. The third kappa shape index (κ3) is 9.13. The SMILES string of the molecule is CCCCCCCC(C)(C)OCC(O)CO. The largest absolute Gasteiger partial charge is 0.394 e. The Morgan fingerprint density at radius 2 is 1.75 bits per heavy atom. The van der Waals surface area contributed by atoms with Gasteiger partial charge in [0.1, 0.15) is 6.10 Å². The maximum absolute atomic E-state index is 9.19. The van der Waals surface area contributed by atoms with Crippen LogP contribution in [0.4, 0.5) is 0 Å². The summed E-state index contributed by atoms with van der Waals surface area (Å²) >= 11 is 0. The number of aliphatic hydroxyl groups excluding tert-OH is 2. The monoisotopic (exact) mass is 232 g/mol. The molecule has 1 unspecified atom stereocenters. The molecule has 3 nitrogen and oxygen atoms in total. The van der Waals surface area contributed by atoms with Crippen LogP contribution in [0.25, 0.3) is 0 Å². The van der Waals surface area contributed by atoms with E-state index in [1.165, 1.54) is 32.1 Å². The summed E-state index contributed by atoms with van der Waals surface area (Å²) in [5.41, 5.74) is -0.192. The predicted octanol–water partition coefficient (Wildman–Crippen LogP) is 2.50. The van der Waals surface area contributed by atoms with E-state index in [1.54, 1.807) is 0 Å². The highest BCUT2D eigenvalue weighted by molar-refractivity contribution is 4.69. The van der Waals surface area contributed by atoms with Crippen LogP contribution in [0.2, 0.25) is 0 Å². The fourth-order valence-electron chi connectivity index (χ4n) is 1.60. The first kappa shape index (κ1) is 15.9. The van der Waals surface area contributed by atoms with Crippen LogP contribution >= 0.6 is 0 Å². The van der Waals surface area contributed by atoms with Gasteiger partial charge in [0.15, 0.2) is 0 Å². The smallest absolute Gasteiger partial charge is 0.100 e. The first-order valence-electron chi connectivity index (χ1n) is 6.44. The third-order valence-corrected chi connectivity index (χ3v) is 2.76. The minimum atomic E-state index is -0.751. The maximum atomic E-state index is 9.19. The molecule has 1 atom stereocenters. The van der Waals surface area contributed by atoms with E-state index in [-0.39, 0.29) is 18.8 Å². The molecule has 0 amide bonds. The van der Waals surface area contributed by atoms with Gasteiger partial charge in [-0.05, 0) is 20.3 Å². The maximum Gasteiger partial charge on any atom is 0.100 e. The molecular formula is C13H28O3. The molecular weight excluding hydrogens is 204 g/mol. The van der Waals surface area contributed by atoms with Gasteiger partial charge in [0.25, 0.3) is 0 Å². The molecule has 0 aromatic carbocycles. The molecule has 0 bridgehead atoms. The Morgan fingerprint density at radius 1 is 1.12 bits per heavy atom. The Bertz CT molecular complexity index is 157. The number of aliphatic hydroxyl groups is 2. The van der Waals surface area contributed by atoms with E-state index in [0.29, 0.717) is 0 Å². The molecule has 0 spiro atoms. The standard InChI is InChI=1S/C13H28O3/c1-4-5-6-7-8-9-13(2,3)16-11-12(15)10-14/h12,14-15H,4-11H2,1-3H3. The second kappa shape index (κ2) is 8.97. The molecule has 0 heterocycles. The first-order valence-corrected chi connectivity index (χ1v) is 6.44. The number of hydrogen-bond donors (Lipinski definition) is 2. The van der Waals surface area contributed by atoms with Crippen LogP contribution in [0.1, 0.15) is 59.3 Å². The highest BCUT2D eigenvalue weighted by Crippen LogP contribution is 2.19. The van der Waals surface area contributed by atoms with E-state index in [9.17, 15) is 5.11 Å². The molecule has 0 aromatic heterocycles. The van der Waals surface area contributed by atoms with Gasteiger partial charge in [0.05, 0.1) is 18.8 Å². The molecule has 98 valence electrons. The Hall–Kier alpha value is -0.120. The Morgan fingerprint density at radius 3 is 2.31 bits per heavy atom. The summed E-state index contributed by atoms with van der Waals surface area (Å²) in [6.07, 6.45) is 6.55. The molecule has 0 aliphatic carbocycles. The van der Waals surface area contributed by atoms with E-state index in [1.807, 2.05) is 13.8 Å². The third-order valence-electron chi connectivity index (χ3n) is 2.76. The summed E-state index contributed by atoms with van der Waals surface area (Å²) in [7, 11) is 0. The van der Waals surface area contributed by atoms with Crippen molar-refractivity contribution < 1.29 is 14.9 Å². The molecule has 0 fully saturated rings. The van der Waals surface area contributed by atoms with Crippen LogP contribution in [0.5, 0.6) is 0 Å². The van der Waals surface area contributed by atoms with Crippen LogP contribution in [-0.4, -0.2) is 35.1 Å². The van der Waals surface area contributed by atoms with Crippen molar-refractivity contribution >= 4 is 0 Å². The lowest BCUT2D eigenvalue weighted by molar-refractivity contribution is -0.0748. The topological polar surface area (TPSA) is 49.7 Å². The lowest BCUT2D eigenvalue weighted by Crippen LogP contribution is -2.30. The molecule has 2 N–H and O–H groups in total. The molecule has 0 aliphatic rings. The van der Waals surface area contributed by atoms with Gasteiger partial charge in [0, 0.05) is 0 Å². The van der Waals surface area contributed by atoms with Gasteiger partial charge in [-0.25, -0.2) is 0 Å². The van der Waals surface area contributed by atoms with Gasteiger partial charge >= 0.3 is 0 Å². The summed E-state index contributed by atoms with van der Waals surface area (Å²) in [5, 5.41) is 17.9. The summed E-state index contributed by atoms with van der Waals surface area (Å²) in [4.78, 5) is 0. The van der Waals surface area contributed by atoms with Crippen LogP contribution < -0.4 is 0 Å². The molecule has 0 saturated carbocycles. The second-order valence-corrected chi connectivity index (χ2v) is 5.07. The van der Waals surface area contributed by atoms with Crippen molar-refractivity contribution in [3.63, 3.8) is 0 Å². The van der Waals surface area contributed by atoms with Crippen molar-refractivity contribution in [2.24, 2.45) is 0 Å². The lowest BCUT2D eigenvalue weighted by atomic mass is 9.99. The summed E-state index contributed by atoms with van der Waals surface area (Å²) in [5.74, 6) is 0. The minimum absolute atomic E-state index is 0.192.